The van der Waals surface area contributed by atoms with Crippen LogP contribution in [0.25, 0.3) is 10.9 Å². The third-order valence-corrected chi connectivity index (χ3v) is 4.39. The molecular formula is C22H23N3O2. The van der Waals surface area contributed by atoms with Gasteiger partial charge in [0.25, 0.3) is 5.91 Å². The number of aryl methyl sites for hydroxylation is 1. The summed E-state index contributed by atoms with van der Waals surface area (Å²) >= 11 is 0. The zero-order valence-corrected chi connectivity index (χ0v) is 15.6. The predicted molar refractivity (Wildman–Crippen MR) is 109 cm³/mol. The molecule has 0 aliphatic heterocycles. The number of pyridine rings is 1. The average molecular weight is 361 g/mol. The first-order valence-electron chi connectivity index (χ1n) is 9.14. The van der Waals surface area contributed by atoms with E-state index in [0.717, 1.165) is 29.5 Å². The predicted octanol–water partition coefficient (Wildman–Crippen LogP) is 4.92. The number of hydrogen-bond acceptors (Lipinski definition) is 3. The Kier molecular flexibility index (Phi) is 5.81. The number of aromatic nitrogens is 1. The maximum atomic E-state index is 12.7. The van der Waals surface area contributed by atoms with Crippen molar-refractivity contribution in [1.29, 1.82) is 0 Å². The summed E-state index contributed by atoms with van der Waals surface area (Å²) in [5, 5.41) is 6.76. The van der Waals surface area contributed by atoms with Gasteiger partial charge in [-0.2, -0.15) is 0 Å². The van der Waals surface area contributed by atoms with Gasteiger partial charge in [0.2, 0.25) is 5.91 Å². The van der Waals surface area contributed by atoms with Crippen LogP contribution in [0, 0.1) is 6.92 Å². The molecule has 0 bridgehead atoms. The summed E-state index contributed by atoms with van der Waals surface area (Å²) in [6, 6.07) is 14.8. The smallest absolute Gasteiger partial charge is 0.257 e. The van der Waals surface area contributed by atoms with Crippen molar-refractivity contribution in [3.63, 3.8) is 0 Å². The summed E-state index contributed by atoms with van der Waals surface area (Å²) in [6.07, 6.45) is 4.06. The van der Waals surface area contributed by atoms with E-state index in [2.05, 4.69) is 22.5 Å². The Labute approximate surface area is 158 Å². The van der Waals surface area contributed by atoms with Crippen LogP contribution in [0.2, 0.25) is 0 Å². The largest absolute Gasteiger partial charge is 0.326 e. The number of nitrogens with zero attached hydrogens (tertiary/aromatic N) is 1. The molecule has 2 aromatic carbocycles. The topological polar surface area (TPSA) is 71.1 Å². The maximum absolute atomic E-state index is 12.7. The van der Waals surface area contributed by atoms with E-state index in [4.69, 9.17) is 0 Å². The molecule has 138 valence electrons. The van der Waals surface area contributed by atoms with Crippen LogP contribution in [-0.2, 0) is 4.79 Å². The van der Waals surface area contributed by atoms with E-state index in [9.17, 15) is 9.59 Å². The Hall–Kier alpha value is -3.21. The number of nitrogens with one attached hydrogen (secondary N) is 2. The molecule has 27 heavy (non-hydrogen) atoms. The summed E-state index contributed by atoms with van der Waals surface area (Å²) in [6.45, 7) is 3.96. The molecule has 3 aromatic rings. The number of para-hydroxylation sites is 1. The number of carbonyl (C=O) groups is 2. The number of benzene rings is 2. The van der Waals surface area contributed by atoms with Gasteiger partial charge in [-0.25, -0.2) is 0 Å². The normalized spacial score (nSPS) is 10.6. The fraction of sp³-hybridized carbons (Fsp3) is 0.227. The molecule has 0 radical (unpaired) electrons. The molecule has 5 nitrogen and oxygen atoms in total. The van der Waals surface area contributed by atoms with Gasteiger partial charge >= 0.3 is 0 Å². The molecule has 0 unspecified atom stereocenters. The standard InChI is InChI=1S/C22H23N3O2/c1-3-4-10-20(26)25-19-12-11-17(14-15(19)2)24-22(27)18-9-5-7-16-8-6-13-23-21(16)18/h5-9,11-14H,3-4,10H2,1-2H3,(H,24,27)(H,25,26). The molecule has 1 heterocycles. The van der Waals surface area contributed by atoms with Gasteiger partial charge in [-0.3, -0.25) is 14.6 Å². The van der Waals surface area contributed by atoms with Crippen molar-refractivity contribution in [3.8, 4) is 0 Å². The van der Waals surface area contributed by atoms with Crippen molar-refractivity contribution in [3.05, 3.63) is 65.9 Å². The molecule has 0 atom stereocenters. The molecule has 5 heteroatoms. The van der Waals surface area contributed by atoms with Gasteiger partial charge in [0.1, 0.15) is 0 Å². The fourth-order valence-electron chi connectivity index (χ4n) is 2.92. The number of unbranched alkanes of at least 4 members (excludes halogenated alkanes) is 1. The van der Waals surface area contributed by atoms with Crippen molar-refractivity contribution in [2.24, 2.45) is 0 Å². The average Bonchev–Trinajstić information content (AvgIpc) is 2.68. The molecule has 0 saturated heterocycles. The van der Waals surface area contributed by atoms with E-state index in [1.54, 1.807) is 18.3 Å². The van der Waals surface area contributed by atoms with Crippen LogP contribution in [0.4, 0.5) is 11.4 Å². The van der Waals surface area contributed by atoms with Crippen molar-refractivity contribution in [1.82, 2.24) is 4.98 Å². The van der Waals surface area contributed by atoms with Crippen molar-refractivity contribution in [2.45, 2.75) is 33.1 Å². The van der Waals surface area contributed by atoms with E-state index >= 15 is 0 Å². The van der Waals surface area contributed by atoms with Gasteiger partial charge in [-0.15, -0.1) is 0 Å². The number of rotatable bonds is 6. The molecule has 0 saturated carbocycles. The summed E-state index contributed by atoms with van der Waals surface area (Å²) in [4.78, 5) is 28.9. The Morgan fingerprint density at radius 3 is 2.63 bits per heavy atom. The number of anilines is 2. The van der Waals surface area contributed by atoms with Gasteiger partial charge in [0.05, 0.1) is 11.1 Å². The number of amides is 2. The van der Waals surface area contributed by atoms with Gasteiger partial charge in [-0.1, -0.05) is 31.5 Å². The lowest BCUT2D eigenvalue weighted by molar-refractivity contribution is -0.116. The van der Waals surface area contributed by atoms with E-state index in [1.807, 2.05) is 43.3 Å². The minimum atomic E-state index is -0.210. The highest BCUT2D eigenvalue weighted by molar-refractivity contribution is 6.11. The van der Waals surface area contributed by atoms with E-state index in [0.29, 0.717) is 23.2 Å². The Bertz CT molecular complexity index is 977. The van der Waals surface area contributed by atoms with Crippen molar-refractivity contribution >= 4 is 34.1 Å². The SMILES string of the molecule is CCCCC(=O)Nc1ccc(NC(=O)c2cccc3cccnc23)cc1C. The van der Waals surface area contributed by atoms with Gasteiger partial charge < -0.3 is 10.6 Å². The summed E-state index contributed by atoms with van der Waals surface area (Å²) in [5.41, 5.74) is 3.54. The Morgan fingerprint density at radius 2 is 1.85 bits per heavy atom. The first kappa shape index (κ1) is 18.6. The van der Waals surface area contributed by atoms with Crippen LogP contribution in [0.15, 0.2) is 54.7 Å². The maximum Gasteiger partial charge on any atom is 0.257 e. The van der Waals surface area contributed by atoms with Gasteiger partial charge in [0.15, 0.2) is 0 Å². The Balaban J connectivity index is 1.75. The van der Waals surface area contributed by atoms with Gasteiger partial charge in [0, 0.05) is 29.4 Å². The van der Waals surface area contributed by atoms with Crippen molar-refractivity contribution < 1.29 is 9.59 Å². The highest BCUT2D eigenvalue weighted by Crippen LogP contribution is 2.22. The van der Waals surface area contributed by atoms with Crippen LogP contribution in [0.3, 0.4) is 0 Å². The van der Waals surface area contributed by atoms with E-state index < -0.39 is 0 Å². The first-order valence-corrected chi connectivity index (χ1v) is 9.14. The van der Waals surface area contributed by atoms with Gasteiger partial charge in [-0.05, 0) is 49.2 Å². The quantitative estimate of drug-likeness (QED) is 0.654. The second-order valence-corrected chi connectivity index (χ2v) is 6.52. The molecule has 0 fully saturated rings. The minimum absolute atomic E-state index is 0.0126. The van der Waals surface area contributed by atoms with Crippen LogP contribution in [-0.4, -0.2) is 16.8 Å². The molecule has 2 N–H and O–H groups in total. The molecule has 0 aliphatic rings. The summed E-state index contributed by atoms with van der Waals surface area (Å²) < 4.78 is 0. The number of carbonyl (C=O) groups excluding carboxylic acids is 2. The molecule has 2 amide bonds. The lowest BCUT2D eigenvalue weighted by atomic mass is 10.1. The van der Waals surface area contributed by atoms with E-state index in [-0.39, 0.29) is 11.8 Å². The van der Waals surface area contributed by atoms with Crippen LogP contribution >= 0.6 is 0 Å². The van der Waals surface area contributed by atoms with Crippen LogP contribution in [0.5, 0.6) is 0 Å². The lowest BCUT2D eigenvalue weighted by Gasteiger charge is -2.12. The molecule has 0 spiro atoms. The van der Waals surface area contributed by atoms with Crippen LogP contribution < -0.4 is 10.6 Å². The van der Waals surface area contributed by atoms with Crippen molar-refractivity contribution in [2.75, 3.05) is 10.6 Å². The summed E-state index contributed by atoms with van der Waals surface area (Å²) in [7, 11) is 0. The fourth-order valence-corrected chi connectivity index (χ4v) is 2.92. The highest BCUT2D eigenvalue weighted by atomic mass is 16.2. The second-order valence-electron chi connectivity index (χ2n) is 6.52. The van der Waals surface area contributed by atoms with Crippen LogP contribution in [0.1, 0.15) is 42.1 Å². The molecule has 1 aromatic heterocycles. The molecule has 0 aliphatic carbocycles. The number of hydrogen-bond donors (Lipinski definition) is 2. The van der Waals surface area contributed by atoms with E-state index in [1.165, 1.54) is 0 Å². The highest BCUT2D eigenvalue weighted by Gasteiger charge is 2.12. The molecular weight excluding hydrogens is 338 g/mol. The first-order chi connectivity index (χ1) is 13.1. The third-order valence-electron chi connectivity index (χ3n) is 4.39. The zero-order chi connectivity index (χ0) is 19.2. The lowest BCUT2D eigenvalue weighted by Crippen LogP contribution is -2.14. The zero-order valence-electron chi connectivity index (χ0n) is 15.6. The second kappa shape index (κ2) is 8.45. The monoisotopic (exact) mass is 361 g/mol. The minimum Gasteiger partial charge on any atom is -0.326 e. The molecule has 3 rings (SSSR count). The summed E-state index contributed by atoms with van der Waals surface area (Å²) in [5.74, 6) is -0.197. The third kappa shape index (κ3) is 4.50. The number of fused-ring (bicyclic) bond motifs is 1. The Morgan fingerprint density at radius 1 is 1.04 bits per heavy atom.